The fraction of sp³-hybridized carbons (Fsp3) is 0.368. The van der Waals surface area contributed by atoms with Crippen molar-refractivity contribution in [2.45, 2.75) is 47.2 Å². The van der Waals surface area contributed by atoms with Crippen LogP contribution in [0.15, 0.2) is 23.0 Å². The summed E-state index contributed by atoms with van der Waals surface area (Å²) < 4.78 is 16.6. The molecule has 7 nitrogen and oxygen atoms in total. The SMILES string of the molecule is Cc1nn(C(C)C)c(C)c1NC(=O)Cn1c(C)nc2ccc(F)cc2c1=O. The number of nitrogens with zero attached hydrogens (tertiary/aromatic N) is 4. The van der Waals surface area contributed by atoms with E-state index in [1.165, 1.54) is 16.7 Å². The quantitative estimate of drug-likeness (QED) is 0.765. The van der Waals surface area contributed by atoms with Gasteiger partial charge in [0.1, 0.15) is 18.2 Å². The molecule has 0 fully saturated rings. The average molecular weight is 371 g/mol. The highest BCUT2D eigenvalue weighted by atomic mass is 19.1. The summed E-state index contributed by atoms with van der Waals surface area (Å²) in [6.07, 6.45) is 0. The van der Waals surface area contributed by atoms with Crippen molar-refractivity contribution in [3.8, 4) is 0 Å². The summed E-state index contributed by atoms with van der Waals surface area (Å²) in [4.78, 5) is 29.5. The van der Waals surface area contributed by atoms with E-state index in [-0.39, 0.29) is 23.9 Å². The molecule has 2 aromatic heterocycles. The van der Waals surface area contributed by atoms with Gasteiger partial charge < -0.3 is 5.32 Å². The van der Waals surface area contributed by atoms with Crippen molar-refractivity contribution in [2.75, 3.05) is 5.32 Å². The molecule has 1 N–H and O–H groups in total. The summed E-state index contributed by atoms with van der Waals surface area (Å²) in [5.41, 5.74) is 2.15. The molecule has 0 aliphatic carbocycles. The molecular weight excluding hydrogens is 349 g/mol. The molecule has 0 spiro atoms. The Bertz CT molecular complexity index is 1100. The Morgan fingerprint density at radius 2 is 1.96 bits per heavy atom. The summed E-state index contributed by atoms with van der Waals surface area (Å²) in [6.45, 7) is 9.15. The fourth-order valence-corrected chi connectivity index (χ4v) is 3.16. The first-order valence-corrected chi connectivity index (χ1v) is 8.71. The standard InChI is InChI=1S/C19H22FN5O2/c1-10(2)25-12(4)18(11(3)23-25)22-17(26)9-24-13(5)21-16-7-6-14(20)8-15(16)19(24)27/h6-8,10H,9H2,1-5H3,(H,22,26). The van der Waals surface area contributed by atoms with Crippen molar-refractivity contribution in [1.82, 2.24) is 19.3 Å². The number of hydrogen-bond acceptors (Lipinski definition) is 4. The molecule has 8 heteroatoms. The Hall–Kier alpha value is -3.03. The maximum absolute atomic E-state index is 13.5. The Labute approximate surface area is 155 Å². The van der Waals surface area contributed by atoms with E-state index >= 15 is 0 Å². The molecule has 0 saturated heterocycles. The van der Waals surface area contributed by atoms with Gasteiger partial charge in [-0.1, -0.05) is 0 Å². The number of hydrogen-bond donors (Lipinski definition) is 1. The molecule has 3 aromatic rings. The molecule has 0 aliphatic heterocycles. The van der Waals surface area contributed by atoms with Crippen LogP contribution >= 0.6 is 0 Å². The van der Waals surface area contributed by atoms with E-state index in [2.05, 4.69) is 15.4 Å². The van der Waals surface area contributed by atoms with Crippen LogP contribution in [0.5, 0.6) is 0 Å². The van der Waals surface area contributed by atoms with Crippen LogP contribution in [-0.2, 0) is 11.3 Å². The van der Waals surface area contributed by atoms with Gasteiger partial charge in [0.2, 0.25) is 5.91 Å². The summed E-state index contributed by atoms with van der Waals surface area (Å²) in [5.74, 6) is -0.499. The van der Waals surface area contributed by atoms with E-state index in [1.807, 2.05) is 32.4 Å². The van der Waals surface area contributed by atoms with E-state index in [0.29, 0.717) is 22.7 Å². The predicted molar refractivity (Wildman–Crippen MR) is 101 cm³/mol. The molecule has 27 heavy (non-hydrogen) atoms. The highest BCUT2D eigenvalue weighted by Crippen LogP contribution is 2.22. The van der Waals surface area contributed by atoms with Gasteiger partial charge >= 0.3 is 0 Å². The number of aromatic nitrogens is 4. The van der Waals surface area contributed by atoms with Crippen LogP contribution < -0.4 is 10.9 Å². The molecule has 0 aliphatic rings. The van der Waals surface area contributed by atoms with Crippen molar-refractivity contribution >= 4 is 22.5 Å². The van der Waals surface area contributed by atoms with Crippen molar-refractivity contribution in [1.29, 1.82) is 0 Å². The van der Waals surface area contributed by atoms with E-state index in [4.69, 9.17) is 0 Å². The maximum Gasteiger partial charge on any atom is 0.261 e. The van der Waals surface area contributed by atoms with Crippen LogP contribution in [0.1, 0.15) is 37.1 Å². The third kappa shape index (κ3) is 3.47. The zero-order chi connectivity index (χ0) is 19.9. The Balaban J connectivity index is 1.92. The Morgan fingerprint density at radius 1 is 1.26 bits per heavy atom. The zero-order valence-corrected chi connectivity index (χ0v) is 16.0. The van der Waals surface area contributed by atoms with E-state index in [9.17, 15) is 14.0 Å². The molecule has 0 atom stereocenters. The summed E-state index contributed by atoms with van der Waals surface area (Å²) in [6, 6.07) is 4.01. The highest BCUT2D eigenvalue weighted by molar-refractivity contribution is 5.92. The van der Waals surface area contributed by atoms with Gasteiger partial charge in [0.15, 0.2) is 0 Å². The molecule has 3 rings (SSSR count). The average Bonchev–Trinajstić information content (AvgIpc) is 2.88. The molecule has 1 amide bonds. The monoisotopic (exact) mass is 371 g/mol. The lowest BCUT2D eigenvalue weighted by Gasteiger charge is -2.12. The van der Waals surface area contributed by atoms with Gasteiger partial charge in [0, 0.05) is 6.04 Å². The molecule has 0 unspecified atom stereocenters. The van der Waals surface area contributed by atoms with E-state index in [1.54, 1.807) is 6.92 Å². The van der Waals surface area contributed by atoms with E-state index in [0.717, 1.165) is 11.8 Å². The van der Waals surface area contributed by atoms with Gasteiger partial charge in [-0.2, -0.15) is 5.10 Å². The van der Waals surface area contributed by atoms with Crippen LogP contribution in [0.25, 0.3) is 10.9 Å². The molecule has 0 radical (unpaired) electrons. The van der Waals surface area contributed by atoms with Crippen LogP contribution in [-0.4, -0.2) is 25.2 Å². The highest BCUT2D eigenvalue weighted by Gasteiger charge is 2.17. The summed E-state index contributed by atoms with van der Waals surface area (Å²) >= 11 is 0. The van der Waals surface area contributed by atoms with Crippen LogP contribution in [0.2, 0.25) is 0 Å². The molecule has 1 aromatic carbocycles. The van der Waals surface area contributed by atoms with Gasteiger partial charge in [-0.25, -0.2) is 9.37 Å². The Morgan fingerprint density at radius 3 is 2.59 bits per heavy atom. The fourth-order valence-electron chi connectivity index (χ4n) is 3.16. The van der Waals surface area contributed by atoms with Crippen molar-refractivity contribution in [2.24, 2.45) is 0 Å². The van der Waals surface area contributed by atoms with E-state index < -0.39 is 11.4 Å². The number of amides is 1. The van der Waals surface area contributed by atoms with Crippen molar-refractivity contribution in [3.05, 3.63) is 51.6 Å². The minimum absolute atomic E-state index is 0.147. The largest absolute Gasteiger partial charge is 0.321 e. The third-order valence-electron chi connectivity index (χ3n) is 4.49. The predicted octanol–water partition coefficient (Wildman–Crippen LogP) is 2.88. The number of rotatable bonds is 4. The topological polar surface area (TPSA) is 81.8 Å². The lowest BCUT2D eigenvalue weighted by Crippen LogP contribution is -2.30. The summed E-state index contributed by atoms with van der Waals surface area (Å²) in [5, 5.41) is 7.41. The molecule has 2 heterocycles. The maximum atomic E-state index is 13.5. The summed E-state index contributed by atoms with van der Waals surface area (Å²) in [7, 11) is 0. The number of aryl methyl sites for hydroxylation is 2. The number of anilines is 1. The Kier molecular flexibility index (Phi) is 4.82. The number of halogens is 1. The van der Waals surface area contributed by atoms with Crippen LogP contribution in [0, 0.1) is 26.6 Å². The number of fused-ring (bicyclic) bond motifs is 1. The number of carbonyl (C=O) groups excluding carboxylic acids is 1. The second kappa shape index (κ2) is 6.94. The second-order valence-electron chi connectivity index (χ2n) is 6.84. The van der Waals surface area contributed by atoms with Crippen molar-refractivity contribution < 1.29 is 9.18 Å². The zero-order valence-electron chi connectivity index (χ0n) is 16.0. The van der Waals surface area contributed by atoms with Crippen LogP contribution in [0.4, 0.5) is 10.1 Å². The first-order valence-electron chi connectivity index (χ1n) is 8.71. The normalized spacial score (nSPS) is 11.4. The second-order valence-corrected chi connectivity index (χ2v) is 6.84. The first kappa shape index (κ1) is 18.8. The lowest BCUT2D eigenvalue weighted by molar-refractivity contribution is -0.116. The smallest absolute Gasteiger partial charge is 0.261 e. The minimum Gasteiger partial charge on any atom is -0.321 e. The number of carbonyl (C=O) groups is 1. The number of nitrogens with one attached hydrogen (secondary N) is 1. The van der Waals surface area contributed by atoms with Gasteiger partial charge in [0.05, 0.1) is 28.0 Å². The van der Waals surface area contributed by atoms with Crippen molar-refractivity contribution in [3.63, 3.8) is 0 Å². The molecular formula is C19H22FN5O2. The van der Waals surface area contributed by atoms with Crippen LogP contribution in [0.3, 0.4) is 0 Å². The molecule has 0 saturated carbocycles. The van der Waals surface area contributed by atoms with Gasteiger partial charge in [-0.05, 0) is 52.8 Å². The van der Waals surface area contributed by atoms with Gasteiger partial charge in [-0.3, -0.25) is 18.8 Å². The molecule has 0 bridgehead atoms. The first-order chi connectivity index (χ1) is 12.7. The van der Waals surface area contributed by atoms with Gasteiger partial charge in [-0.15, -0.1) is 0 Å². The lowest BCUT2D eigenvalue weighted by atomic mass is 10.2. The third-order valence-corrected chi connectivity index (χ3v) is 4.49. The number of benzene rings is 1. The molecule has 142 valence electrons. The van der Waals surface area contributed by atoms with Gasteiger partial charge in [0.25, 0.3) is 5.56 Å². The minimum atomic E-state index is -0.520.